The molecule has 170 valence electrons. The van der Waals surface area contributed by atoms with E-state index in [2.05, 4.69) is 4.72 Å². The summed E-state index contributed by atoms with van der Waals surface area (Å²) in [6.45, 7) is 2.99. The molecule has 2 atom stereocenters. The Morgan fingerprint density at radius 2 is 1.84 bits per heavy atom. The van der Waals surface area contributed by atoms with Crippen molar-refractivity contribution in [3.8, 4) is 0 Å². The molecule has 31 heavy (non-hydrogen) atoms. The molecule has 0 spiro atoms. The van der Waals surface area contributed by atoms with Gasteiger partial charge < -0.3 is 5.73 Å². The van der Waals surface area contributed by atoms with E-state index in [1.54, 1.807) is 0 Å². The molecular weight excluding hydrogens is 443 g/mol. The van der Waals surface area contributed by atoms with Gasteiger partial charge in [-0.3, -0.25) is 9.59 Å². The standard InChI is InChI=1S/C22H28ClFN2O4S/c1-21(2,26-31(29,30)17-5-3-4-16(23)19(17)24)18(27)8-15-13-6-12-7-14(15)11-22(9-12,10-13)20(25)28/h3-5,12-15,26H,6-11H2,1-2H3,(H2,25,28). The van der Waals surface area contributed by atoms with E-state index in [1.165, 1.54) is 26.0 Å². The van der Waals surface area contributed by atoms with Crippen LogP contribution in [-0.2, 0) is 19.6 Å². The Bertz CT molecular complexity index is 1030. The number of hydrogen-bond donors (Lipinski definition) is 2. The van der Waals surface area contributed by atoms with Gasteiger partial charge in [-0.15, -0.1) is 0 Å². The summed E-state index contributed by atoms with van der Waals surface area (Å²) in [6, 6.07) is 3.72. The monoisotopic (exact) mass is 470 g/mol. The van der Waals surface area contributed by atoms with Crippen LogP contribution in [0.25, 0.3) is 0 Å². The van der Waals surface area contributed by atoms with Crippen LogP contribution in [0.1, 0.15) is 52.4 Å². The second-order valence-corrected chi connectivity index (χ2v) is 12.2. The molecule has 0 saturated heterocycles. The molecule has 1 amide bonds. The molecule has 4 aliphatic rings. The normalized spacial score (nSPS) is 32.3. The molecule has 0 heterocycles. The van der Waals surface area contributed by atoms with Crippen molar-refractivity contribution in [1.82, 2.24) is 4.72 Å². The Morgan fingerprint density at radius 3 is 2.42 bits per heavy atom. The molecule has 6 nitrogen and oxygen atoms in total. The summed E-state index contributed by atoms with van der Waals surface area (Å²) in [6.07, 6.45) is 4.49. The minimum atomic E-state index is -4.29. The summed E-state index contributed by atoms with van der Waals surface area (Å²) in [5.74, 6) is -0.423. The number of carbonyl (C=O) groups excluding carboxylic acids is 2. The van der Waals surface area contributed by atoms with E-state index < -0.39 is 31.7 Å². The quantitative estimate of drug-likeness (QED) is 0.636. The SMILES string of the molecule is CC(C)(NS(=O)(=O)c1cccc(Cl)c1F)C(=O)CC1C2CC3CC1CC(C(N)=O)(C3)C2. The van der Waals surface area contributed by atoms with Crippen LogP contribution in [0, 0.1) is 34.9 Å². The number of nitrogens with two attached hydrogens (primary N) is 1. The first-order valence-corrected chi connectivity index (χ1v) is 12.5. The third kappa shape index (κ3) is 3.91. The van der Waals surface area contributed by atoms with Crippen LogP contribution in [0.3, 0.4) is 0 Å². The minimum absolute atomic E-state index is 0.114. The topological polar surface area (TPSA) is 106 Å². The van der Waals surface area contributed by atoms with Crippen molar-refractivity contribution in [3.05, 3.63) is 29.0 Å². The van der Waals surface area contributed by atoms with Crippen LogP contribution >= 0.6 is 11.6 Å². The second kappa shape index (κ2) is 7.52. The van der Waals surface area contributed by atoms with Crippen LogP contribution in [0.4, 0.5) is 4.39 Å². The van der Waals surface area contributed by atoms with Crippen LogP contribution in [0.2, 0.25) is 5.02 Å². The van der Waals surface area contributed by atoms with Gasteiger partial charge in [-0.2, -0.15) is 4.72 Å². The van der Waals surface area contributed by atoms with Crippen molar-refractivity contribution in [2.45, 2.75) is 62.8 Å². The number of ketones is 1. The number of Topliss-reactive ketones (excluding diaryl/α,β-unsaturated/α-hetero) is 1. The first-order valence-electron chi connectivity index (χ1n) is 10.7. The molecule has 4 bridgehead atoms. The molecule has 1 aromatic rings. The number of nitrogens with one attached hydrogen (secondary N) is 1. The number of halogens is 2. The Kier molecular flexibility index (Phi) is 5.50. The maximum atomic E-state index is 14.3. The van der Waals surface area contributed by atoms with Gasteiger partial charge in [0.25, 0.3) is 0 Å². The first-order chi connectivity index (χ1) is 14.3. The molecule has 0 aliphatic heterocycles. The molecule has 0 aromatic heterocycles. The van der Waals surface area contributed by atoms with E-state index in [-0.39, 0.29) is 40.9 Å². The van der Waals surface area contributed by atoms with Crippen molar-refractivity contribution in [2.24, 2.45) is 34.8 Å². The fourth-order valence-corrected chi connectivity index (χ4v) is 8.10. The van der Waals surface area contributed by atoms with Crippen LogP contribution in [0.15, 0.2) is 23.1 Å². The van der Waals surface area contributed by atoms with Crippen LogP contribution < -0.4 is 10.5 Å². The third-order valence-corrected chi connectivity index (χ3v) is 9.67. The van der Waals surface area contributed by atoms with E-state index in [1.807, 2.05) is 0 Å². The van der Waals surface area contributed by atoms with E-state index >= 15 is 0 Å². The lowest BCUT2D eigenvalue weighted by Crippen LogP contribution is -2.57. The zero-order valence-electron chi connectivity index (χ0n) is 17.7. The molecule has 3 N–H and O–H groups in total. The lowest BCUT2D eigenvalue weighted by Gasteiger charge is -2.59. The molecule has 4 fully saturated rings. The summed E-state index contributed by atoms with van der Waals surface area (Å²) in [5.41, 5.74) is 3.89. The average molecular weight is 471 g/mol. The Morgan fingerprint density at radius 1 is 1.23 bits per heavy atom. The maximum absolute atomic E-state index is 14.3. The zero-order chi connectivity index (χ0) is 22.8. The van der Waals surface area contributed by atoms with E-state index in [0.717, 1.165) is 25.3 Å². The van der Waals surface area contributed by atoms with Gasteiger partial charge in [0.2, 0.25) is 15.9 Å². The van der Waals surface area contributed by atoms with Crippen molar-refractivity contribution in [1.29, 1.82) is 0 Å². The van der Waals surface area contributed by atoms with E-state index in [0.29, 0.717) is 18.8 Å². The number of carbonyl (C=O) groups is 2. The van der Waals surface area contributed by atoms with Gasteiger partial charge in [-0.1, -0.05) is 17.7 Å². The van der Waals surface area contributed by atoms with Crippen molar-refractivity contribution in [3.63, 3.8) is 0 Å². The van der Waals surface area contributed by atoms with Crippen LogP contribution in [0.5, 0.6) is 0 Å². The smallest absolute Gasteiger partial charge is 0.244 e. The Labute approximate surface area is 187 Å². The van der Waals surface area contributed by atoms with E-state index in [9.17, 15) is 22.4 Å². The molecule has 2 unspecified atom stereocenters. The summed E-state index contributed by atoms with van der Waals surface area (Å²) in [7, 11) is -4.29. The first kappa shape index (κ1) is 22.7. The highest BCUT2D eigenvalue weighted by atomic mass is 35.5. The fourth-order valence-electron chi connectivity index (χ4n) is 6.37. The zero-order valence-corrected chi connectivity index (χ0v) is 19.2. The van der Waals surface area contributed by atoms with Gasteiger partial charge in [-0.25, -0.2) is 12.8 Å². The number of benzene rings is 1. The predicted octanol–water partition coefficient (Wildman–Crippen LogP) is 3.42. The minimum Gasteiger partial charge on any atom is -0.369 e. The largest absolute Gasteiger partial charge is 0.369 e. The highest BCUT2D eigenvalue weighted by Crippen LogP contribution is 2.62. The Hall–Kier alpha value is -1.51. The Balaban J connectivity index is 1.50. The van der Waals surface area contributed by atoms with Gasteiger partial charge in [0.1, 0.15) is 4.90 Å². The summed E-state index contributed by atoms with van der Waals surface area (Å²) in [5, 5.41) is -0.302. The van der Waals surface area contributed by atoms with Gasteiger partial charge in [0.05, 0.1) is 10.6 Å². The molecular formula is C22H28ClFN2O4S. The van der Waals surface area contributed by atoms with Crippen molar-refractivity contribution < 1.29 is 22.4 Å². The maximum Gasteiger partial charge on any atom is 0.244 e. The van der Waals surface area contributed by atoms with E-state index in [4.69, 9.17) is 17.3 Å². The van der Waals surface area contributed by atoms with Gasteiger partial charge in [-0.05, 0) is 81.8 Å². The molecule has 9 heteroatoms. The number of amides is 1. The molecule has 0 radical (unpaired) electrons. The average Bonchev–Trinajstić information content (AvgIpc) is 2.65. The molecule has 4 aliphatic carbocycles. The number of hydrogen-bond acceptors (Lipinski definition) is 4. The molecule has 5 rings (SSSR count). The summed E-state index contributed by atoms with van der Waals surface area (Å²) in [4.78, 5) is 24.7. The van der Waals surface area contributed by atoms with Gasteiger partial charge >= 0.3 is 0 Å². The van der Waals surface area contributed by atoms with Crippen molar-refractivity contribution >= 4 is 33.3 Å². The van der Waals surface area contributed by atoms with Gasteiger partial charge in [0, 0.05) is 11.8 Å². The highest BCUT2D eigenvalue weighted by molar-refractivity contribution is 7.89. The highest BCUT2D eigenvalue weighted by Gasteiger charge is 2.58. The van der Waals surface area contributed by atoms with Gasteiger partial charge in [0.15, 0.2) is 11.6 Å². The summed E-state index contributed by atoms with van der Waals surface area (Å²) >= 11 is 5.72. The predicted molar refractivity (Wildman–Crippen MR) is 114 cm³/mol. The number of rotatable bonds is 7. The second-order valence-electron chi connectivity index (χ2n) is 10.2. The van der Waals surface area contributed by atoms with Crippen LogP contribution in [-0.4, -0.2) is 25.6 Å². The fraction of sp³-hybridized carbons (Fsp3) is 0.636. The van der Waals surface area contributed by atoms with Crippen molar-refractivity contribution in [2.75, 3.05) is 0 Å². The molecule has 4 saturated carbocycles. The summed E-state index contributed by atoms with van der Waals surface area (Å²) < 4.78 is 42.2. The lowest BCUT2D eigenvalue weighted by atomic mass is 9.45. The number of primary amides is 1. The number of sulfonamides is 1. The lowest BCUT2D eigenvalue weighted by molar-refractivity contribution is -0.152. The third-order valence-electron chi connectivity index (χ3n) is 7.70. The molecule has 1 aromatic carbocycles.